The second-order valence-electron chi connectivity index (χ2n) is 4.53. The van der Waals surface area contributed by atoms with Crippen molar-refractivity contribution in [3.63, 3.8) is 0 Å². The Bertz CT molecular complexity index is 850. The van der Waals surface area contributed by atoms with Gasteiger partial charge in [-0.15, -0.1) is 0 Å². The van der Waals surface area contributed by atoms with Crippen LogP contribution in [0.1, 0.15) is 5.56 Å². The zero-order valence-corrected chi connectivity index (χ0v) is 13.2. The summed E-state index contributed by atoms with van der Waals surface area (Å²) in [4.78, 5) is 19.7. The normalized spacial score (nSPS) is 11.2. The summed E-state index contributed by atoms with van der Waals surface area (Å²) >= 11 is 11.4. The molecule has 132 valence electrons. The first-order valence-electron chi connectivity index (χ1n) is 6.17. The zero-order chi connectivity index (χ0) is 18.9. The fourth-order valence-electron chi connectivity index (χ4n) is 1.81. The van der Waals surface area contributed by atoms with Crippen LogP contribution in [0.3, 0.4) is 0 Å². The maximum Gasteiger partial charge on any atom is 0.416 e. The SMILES string of the molecule is O=[N+]([O-])c1ccc(Oc2c(Cl)cc(C(F)(F)F)cc2Cl)cc1[N+](=O)[O-]. The van der Waals surface area contributed by atoms with Crippen LogP contribution < -0.4 is 4.74 Å². The molecule has 2 aromatic carbocycles. The Balaban J connectivity index is 2.45. The van der Waals surface area contributed by atoms with Gasteiger partial charge in [0.05, 0.1) is 31.5 Å². The first-order chi connectivity index (χ1) is 11.5. The molecule has 2 aromatic rings. The van der Waals surface area contributed by atoms with Crippen LogP contribution in [0.5, 0.6) is 11.5 Å². The predicted octanol–water partition coefficient (Wildman–Crippen LogP) is 5.62. The van der Waals surface area contributed by atoms with Crippen LogP contribution in [0.15, 0.2) is 30.3 Å². The van der Waals surface area contributed by atoms with Crippen molar-refractivity contribution in [3.05, 3.63) is 66.2 Å². The minimum absolute atomic E-state index is 0.263. The molecule has 0 N–H and O–H groups in total. The number of benzene rings is 2. The quantitative estimate of drug-likeness (QED) is 0.493. The summed E-state index contributed by atoms with van der Waals surface area (Å²) in [6.07, 6.45) is -4.68. The third-order valence-electron chi connectivity index (χ3n) is 2.89. The number of alkyl halides is 3. The molecular formula is C13H5Cl2F3N2O5. The highest BCUT2D eigenvalue weighted by Gasteiger charge is 2.32. The molecule has 2 rings (SSSR count). The Morgan fingerprint density at radius 2 is 1.44 bits per heavy atom. The summed E-state index contributed by atoms with van der Waals surface area (Å²) in [6, 6.07) is 3.72. The van der Waals surface area contributed by atoms with E-state index in [0.29, 0.717) is 12.1 Å². The number of nitro groups is 2. The van der Waals surface area contributed by atoms with Crippen molar-refractivity contribution in [1.29, 1.82) is 0 Å². The molecule has 0 radical (unpaired) electrons. The average Bonchev–Trinajstić information content (AvgIpc) is 2.49. The Labute approximate surface area is 146 Å². The molecule has 0 unspecified atom stereocenters. The lowest BCUT2D eigenvalue weighted by molar-refractivity contribution is -0.422. The number of rotatable bonds is 4. The van der Waals surface area contributed by atoms with Crippen LogP contribution in [0.4, 0.5) is 24.5 Å². The van der Waals surface area contributed by atoms with Crippen LogP contribution in [0.25, 0.3) is 0 Å². The number of hydrogen-bond acceptors (Lipinski definition) is 5. The lowest BCUT2D eigenvalue weighted by Gasteiger charge is -2.13. The highest BCUT2D eigenvalue weighted by molar-refractivity contribution is 6.37. The zero-order valence-electron chi connectivity index (χ0n) is 11.7. The molecule has 0 spiro atoms. The van der Waals surface area contributed by atoms with E-state index in [9.17, 15) is 33.4 Å². The van der Waals surface area contributed by atoms with Gasteiger partial charge in [-0.1, -0.05) is 23.2 Å². The lowest BCUT2D eigenvalue weighted by atomic mass is 10.2. The Morgan fingerprint density at radius 3 is 1.88 bits per heavy atom. The summed E-state index contributed by atoms with van der Waals surface area (Å²) in [5.74, 6) is -0.639. The van der Waals surface area contributed by atoms with Gasteiger partial charge in [0.1, 0.15) is 5.75 Å². The largest absolute Gasteiger partial charge is 0.454 e. The van der Waals surface area contributed by atoms with Crippen molar-refractivity contribution >= 4 is 34.6 Å². The van der Waals surface area contributed by atoms with Gasteiger partial charge in [-0.2, -0.15) is 13.2 Å². The van der Waals surface area contributed by atoms with E-state index in [1.54, 1.807) is 0 Å². The minimum atomic E-state index is -4.68. The second-order valence-corrected chi connectivity index (χ2v) is 5.35. The van der Waals surface area contributed by atoms with Crippen molar-refractivity contribution in [1.82, 2.24) is 0 Å². The van der Waals surface area contributed by atoms with Crippen molar-refractivity contribution in [2.75, 3.05) is 0 Å². The maximum atomic E-state index is 12.7. The highest BCUT2D eigenvalue weighted by Crippen LogP contribution is 2.42. The van der Waals surface area contributed by atoms with E-state index in [4.69, 9.17) is 27.9 Å². The first kappa shape index (κ1) is 18.7. The van der Waals surface area contributed by atoms with E-state index in [0.717, 1.165) is 18.2 Å². The van der Waals surface area contributed by atoms with Gasteiger partial charge in [-0.25, -0.2) is 0 Å². The van der Waals surface area contributed by atoms with Crippen LogP contribution in [0.2, 0.25) is 10.0 Å². The molecule has 0 saturated carbocycles. The smallest absolute Gasteiger partial charge is 0.416 e. The highest BCUT2D eigenvalue weighted by atomic mass is 35.5. The van der Waals surface area contributed by atoms with Crippen LogP contribution in [-0.2, 0) is 6.18 Å². The summed E-state index contributed by atoms with van der Waals surface area (Å²) in [6.45, 7) is 0. The lowest BCUT2D eigenvalue weighted by Crippen LogP contribution is -2.05. The maximum absolute atomic E-state index is 12.7. The summed E-state index contributed by atoms with van der Waals surface area (Å²) < 4.78 is 43.2. The number of halogens is 5. The van der Waals surface area contributed by atoms with Crippen molar-refractivity contribution in [2.45, 2.75) is 6.18 Å². The molecule has 0 atom stereocenters. The van der Waals surface area contributed by atoms with E-state index >= 15 is 0 Å². The van der Waals surface area contributed by atoms with Crippen molar-refractivity contribution in [2.24, 2.45) is 0 Å². The standard InChI is InChI=1S/C13H5Cl2F3N2O5/c14-8-3-6(13(16,17)18)4-9(15)12(8)25-7-1-2-10(19(21)22)11(5-7)20(23)24/h1-5H. The molecule has 0 heterocycles. The fraction of sp³-hybridized carbons (Fsp3) is 0.0769. The molecule has 0 aliphatic heterocycles. The third-order valence-corrected chi connectivity index (χ3v) is 3.45. The average molecular weight is 397 g/mol. The van der Waals surface area contributed by atoms with Gasteiger partial charge in [0.2, 0.25) is 0 Å². The molecule has 12 heteroatoms. The molecular weight excluding hydrogens is 392 g/mol. The van der Waals surface area contributed by atoms with E-state index < -0.39 is 43.0 Å². The van der Waals surface area contributed by atoms with Gasteiger partial charge in [0.25, 0.3) is 0 Å². The summed E-state index contributed by atoms with van der Waals surface area (Å²) in [5, 5.41) is 20.7. The third kappa shape index (κ3) is 4.09. The van der Waals surface area contributed by atoms with Gasteiger partial charge >= 0.3 is 17.6 Å². The second kappa shape index (κ2) is 6.73. The topological polar surface area (TPSA) is 95.5 Å². The fourth-order valence-corrected chi connectivity index (χ4v) is 2.37. The van der Waals surface area contributed by atoms with Crippen LogP contribution in [0, 0.1) is 20.2 Å². The molecule has 0 saturated heterocycles. The Morgan fingerprint density at radius 1 is 0.920 bits per heavy atom. The van der Waals surface area contributed by atoms with E-state index in [2.05, 4.69) is 0 Å². The van der Waals surface area contributed by atoms with E-state index in [-0.39, 0.29) is 11.5 Å². The predicted molar refractivity (Wildman–Crippen MR) is 81.3 cm³/mol. The number of nitro benzene ring substituents is 2. The monoisotopic (exact) mass is 396 g/mol. The van der Waals surface area contributed by atoms with Crippen LogP contribution in [-0.4, -0.2) is 9.85 Å². The molecule has 7 nitrogen and oxygen atoms in total. The molecule has 0 aliphatic carbocycles. The van der Waals surface area contributed by atoms with Gasteiger partial charge in [-0.05, 0) is 18.2 Å². The van der Waals surface area contributed by atoms with Gasteiger partial charge in [-0.3, -0.25) is 20.2 Å². The summed E-state index contributed by atoms with van der Waals surface area (Å²) in [7, 11) is 0. The van der Waals surface area contributed by atoms with E-state index in [1.165, 1.54) is 0 Å². The molecule has 0 bridgehead atoms. The number of nitrogens with zero attached hydrogens (tertiary/aromatic N) is 2. The molecule has 25 heavy (non-hydrogen) atoms. The van der Waals surface area contributed by atoms with Gasteiger partial charge < -0.3 is 4.74 Å². The van der Waals surface area contributed by atoms with E-state index in [1.807, 2.05) is 0 Å². The molecule has 0 aromatic heterocycles. The molecule has 0 amide bonds. The van der Waals surface area contributed by atoms with Gasteiger partial charge in [0, 0.05) is 6.07 Å². The first-order valence-corrected chi connectivity index (χ1v) is 6.93. The molecule has 0 aliphatic rings. The number of ether oxygens (including phenoxy) is 1. The van der Waals surface area contributed by atoms with Crippen molar-refractivity contribution in [3.8, 4) is 11.5 Å². The summed E-state index contributed by atoms with van der Waals surface area (Å²) in [5.41, 5.74) is -2.74. The molecule has 0 fully saturated rings. The minimum Gasteiger partial charge on any atom is -0.454 e. The van der Waals surface area contributed by atoms with Crippen molar-refractivity contribution < 1.29 is 27.8 Å². The van der Waals surface area contributed by atoms with Crippen LogP contribution >= 0.6 is 23.2 Å². The van der Waals surface area contributed by atoms with Gasteiger partial charge in [0.15, 0.2) is 5.75 Å². The number of hydrogen-bond donors (Lipinski definition) is 0. The Kier molecular flexibility index (Phi) is 5.04. The Hall–Kier alpha value is -2.59.